The first-order chi connectivity index (χ1) is 15.6. The zero-order valence-corrected chi connectivity index (χ0v) is 20.4. The largest absolute Gasteiger partial charge is 0.491 e. The Bertz CT molecular complexity index is 697. The molecule has 0 spiro atoms. The van der Waals surface area contributed by atoms with Gasteiger partial charge in [-0.1, -0.05) is 63.7 Å². The number of hydrogen-bond acceptors (Lipinski definition) is 1. The summed E-state index contributed by atoms with van der Waals surface area (Å²) in [5, 5.41) is 0. The van der Waals surface area contributed by atoms with Crippen molar-refractivity contribution in [2.24, 2.45) is 23.7 Å². The van der Waals surface area contributed by atoms with Gasteiger partial charge in [0.15, 0.2) is 11.6 Å². The van der Waals surface area contributed by atoms with Crippen LogP contribution in [0.1, 0.15) is 103 Å². The lowest BCUT2D eigenvalue weighted by Gasteiger charge is -2.37. The minimum absolute atomic E-state index is 0.00558. The fourth-order valence-electron chi connectivity index (χ4n) is 6.00. The van der Waals surface area contributed by atoms with Gasteiger partial charge in [-0.15, -0.1) is 0 Å². The number of rotatable bonds is 11. The van der Waals surface area contributed by atoms with E-state index >= 15 is 0 Å². The van der Waals surface area contributed by atoms with E-state index in [1.165, 1.54) is 77.0 Å². The van der Waals surface area contributed by atoms with Gasteiger partial charge in [0.1, 0.15) is 0 Å². The summed E-state index contributed by atoms with van der Waals surface area (Å²) in [5.74, 6) is 1.97. The Labute approximate surface area is 195 Å². The SMILES string of the molecule is CCCCC[C@H]1CC[C@H](C2CCC(/C=C/CCc3ccc(OCC)c(F)c3F)CC2)CC1. The van der Waals surface area contributed by atoms with E-state index < -0.39 is 11.6 Å². The van der Waals surface area contributed by atoms with Crippen LogP contribution in [0.5, 0.6) is 5.75 Å². The van der Waals surface area contributed by atoms with E-state index in [1.807, 2.05) is 0 Å². The van der Waals surface area contributed by atoms with Crippen molar-refractivity contribution in [1.82, 2.24) is 0 Å². The highest BCUT2D eigenvalue weighted by molar-refractivity contribution is 5.31. The summed E-state index contributed by atoms with van der Waals surface area (Å²) in [6.07, 6.45) is 22.7. The first kappa shape index (κ1) is 25.2. The molecule has 0 saturated heterocycles. The maximum absolute atomic E-state index is 14.2. The smallest absolute Gasteiger partial charge is 0.200 e. The number of hydrogen-bond donors (Lipinski definition) is 0. The van der Waals surface area contributed by atoms with Crippen molar-refractivity contribution < 1.29 is 13.5 Å². The molecule has 0 aromatic heterocycles. The highest BCUT2D eigenvalue weighted by Crippen LogP contribution is 2.42. The normalized spacial score (nSPS) is 26.5. The second kappa shape index (κ2) is 13.4. The van der Waals surface area contributed by atoms with E-state index in [1.54, 1.807) is 19.1 Å². The van der Waals surface area contributed by atoms with Gasteiger partial charge in [0.2, 0.25) is 5.82 Å². The number of unbranched alkanes of at least 4 members (excludes halogenated alkanes) is 2. The predicted octanol–water partition coefficient (Wildman–Crippen LogP) is 9.05. The van der Waals surface area contributed by atoms with Gasteiger partial charge < -0.3 is 4.74 Å². The summed E-state index contributed by atoms with van der Waals surface area (Å²) >= 11 is 0. The maximum Gasteiger partial charge on any atom is 0.200 e. The van der Waals surface area contributed by atoms with E-state index in [0.717, 1.165) is 24.2 Å². The lowest BCUT2D eigenvalue weighted by atomic mass is 9.68. The summed E-state index contributed by atoms with van der Waals surface area (Å²) in [7, 11) is 0. The highest BCUT2D eigenvalue weighted by Gasteiger charge is 2.30. The molecular formula is C29H44F2O. The monoisotopic (exact) mass is 446 g/mol. The molecule has 1 aromatic carbocycles. The molecule has 0 heterocycles. The summed E-state index contributed by atoms with van der Waals surface area (Å²) < 4.78 is 33.3. The first-order valence-electron chi connectivity index (χ1n) is 13.4. The molecule has 180 valence electrons. The topological polar surface area (TPSA) is 9.23 Å². The average Bonchev–Trinajstić information content (AvgIpc) is 2.82. The zero-order chi connectivity index (χ0) is 22.8. The molecule has 3 heteroatoms. The molecule has 0 amide bonds. The van der Waals surface area contributed by atoms with Crippen LogP contribution in [-0.2, 0) is 6.42 Å². The number of benzene rings is 1. The van der Waals surface area contributed by atoms with Crippen molar-refractivity contribution in [1.29, 1.82) is 0 Å². The maximum atomic E-state index is 14.2. The van der Waals surface area contributed by atoms with E-state index in [9.17, 15) is 8.78 Å². The summed E-state index contributed by atoms with van der Waals surface area (Å²) in [4.78, 5) is 0. The molecule has 32 heavy (non-hydrogen) atoms. The van der Waals surface area contributed by atoms with Gasteiger partial charge >= 0.3 is 0 Å². The van der Waals surface area contributed by atoms with Crippen LogP contribution in [0, 0.1) is 35.3 Å². The van der Waals surface area contributed by atoms with E-state index in [0.29, 0.717) is 24.5 Å². The summed E-state index contributed by atoms with van der Waals surface area (Å²) in [6, 6.07) is 3.20. The molecule has 0 aliphatic heterocycles. The molecule has 2 aliphatic rings. The molecule has 0 N–H and O–H groups in total. The third-order valence-corrected chi connectivity index (χ3v) is 8.01. The average molecular weight is 447 g/mol. The second-order valence-electron chi connectivity index (χ2n) is 10.2. The second-order valence-corrected chi connectivity index (χ2v) is 10.2. The third-order valence-electron chi connectivity index (χ3n) is 8.01. The van der Waals surface area contributed by atoms with Crippen LogP contribution in [0.15, 0.2) is 24.3 Å². The van der Waals surface area contributed by atoms with Gasteiger partial charge in [-0.2, -0.15) is 4.39 Å². The van der Waals surface area contributed by atoms with Crippen molar-refractivity contribution in [3.05, 3.63) is 41.5 Å². The molecule has 0 unspecified atom stereocenters. The molecule has 0 radical (unpaired) electrons. The van der Waals surface area contributed by atoms with Gasteiger partial charge in [0.05, 0.1) is 6.61 Å². The fourth-order valence-corrected chi connectivity index (χ4v) is 6.00. The van der Waals surface area contributed by atoms with Crippen molar-refractivity contribution in [2.75, 3.05) is 6.61 Å². The van der Waals surface area contributed by atoms with Gasteiger partial charge in [0, 0.05) is 0 Å². The van der Waals surface area contributed by atoms with Crippen LogP contribution in [-0.4, -0.2) is 6.61 Å². The van der Waals surface area contributed by atoms with E-state index in [4.69, 9.17) is 4.74 Å². The Morgan fingerprint density at radius 1 is 0.875 bits per heavy atom. The summed E-state index contributed by atoms with van der Waals surface area (Å²) in [6.45, 7) is 4.40. The van der Waals surface area contributed by atoms with Crippen LogP contribution < -0.4 is 4.74 Å². The molecule has 2 saturated carbocycles. The highest BCUT2D eigenvalue weighted by atomic mass is 19.2. The minimum Gasteiger partial charge on any atom is -0.491 e. The van der Waals surface area contributed by atoms with Crippen LogP contribution in [0.3, 0.4) is 0 Å². The molecule has 1 nitrogen and oxygen atoms in total. The van der Waals surface area contributed by atoms with Crippen LogP contribution in [0.4, 0.5) is 8.78 Å². The quantitative estimate of drug-likeness (QED) is 0.243. The van der Waals surface area contributed by atoms with Crippen molar-refractivity contribution >= 4 is 0 Å². The third kappa shape index (κ3) is 7.32. The van der Waals surface area contributed by atoms with Gasteiger partial charge in [-0.05, 0) is 93.6 Å². The van der Waals surface area contributed by atoms with Crippen molar-refractivity contribution in [3.63, 3.8) is 0 Å². The molecule has 0 atom stereocenters. The van der Waals surface area contributed by atoms with Crippen LogP contribution in [0.25, 0.3) is 0 Å². The Morgan fingerprint density at radius 3 is 2.22 bits per heavy atom. The number of allylic oxidation sites excluding steroid dienone is 2. The zero-order valence-electron chi connectivity index (χ0n) is 20.4. The minimum atomic E-state index is -0.860. The Balaban J connectivity index is 1.34. The lowest BCUT2D eigenvalue weighted by molar-refractivity contribution is 0.151. The van der Waals surface area contributed by atoms with Gasteiger partial charge in [0.25, 0.3) is 0 Å². The first-order valence-corrected chi connectivity index (χ1v) is 13.4. The molecule has 0 bridgehead atoms. The molecule has 3 rings (SSSR count). The fraction of sp³-hybridized carbons (Fsp3) is 0.724. The van der Waals surface area contributed by atoms with Crippen molar-refractivity contribution in [3.8, 4) is 5.75 Å². The van der Waals surface area contributed by atoms with E-state index in [-0.39, 0.29) is 5.75 Å². The Hall–Kier alpha value is -1.38. The number of halogens is 2. The lowest BCUT2D eigenvalue weighted by Crippen LogP contribution is -2.25. The van der Waals surface area contributed by atoms with Crippen LogP contribution >= 0.6 is 0 Å². The Morgan fingerprint density at radius 2 is 1.56 bits per heavy atom. The Kier molecular flexibility index (Phi) is 10.5. The number of aryl methyl sites for hydroxylation is 1. The molecule has 2 fully saturated rings. The van der Waals surface area contributed by atoms with E-state index in [2.05, 4.69) is 19.1 Å². The number of ether oxygens (including phenoxy) is 1. The molecular weight excluding hydrogens is 402 g/mol. The molecule has 2 aliphatic carbocycles. The van der Waals surface area contributed by atoms with Gasteiger partial charge in [-0.25, -0.2) is 4.39 Å². The van der Waals surface area contributed by atoms with Gasteiger partial charge in [-0.3, -0.25) is 0 Å². The standard InChI is InChI=1S/C29H44F2O/c1-3-5-6-9-22-12-16-24(17-13-22)25-18-14-23(15-19-25)10-7-8-11-26-20-21-27(32-4-2)29(31)28(26)30/h7,10,20-25H,3-6,8-9,11-19H2,1-2H3/b10-7+/t22-,23?,24-,25?. The summed E-state index contributed by atoms with van der Waals surface area (Å²) in [5.41, 5.74) is 0.435. The van der Waals surface area contributed by atoms with Crippen molar-refractivity contribution in [2.45, 2.75) is 104 Å². The molecule has 1 aromatic rings. The predicted molar refractivity (Wildman–Crippen MR) is 130 cm³/mol. The van der Waals surface area contributed by atoms with Crippen LogP contribution in [0.2, 0.25) is 0 Å².